The maximum absolute atomic E-state index is 11.6. The van der Waals surface area contributed by atoms with Gasteiger partial charge < -0.3 is 14.7 Å². The summed E-state index contributed by atoms with van der Waals surface area (Å²) in [5.41, 5.74) is -0.372. The second-order valence-electron chi connectivity index (χ2n) is 8.44. The lowest BCUT2D eigenvalue weighted by Gasteiger charge is -2.21. The monoisotopic (exact) mass is 371 g/mol. The van der Waals surface area contributed by atoms with Crippen molar-refractivity contribution < 1.29 is 14.6 Å². The minimum atomic E-state index is -0.372. The summed E-state index contributed by atoms with van der Waals surface area (Å²) in [6.45, 7) is 11.2. The van der Waals surface area contributed by atoms with Crippen LogP contribution >= 0.6 is 0 Å². The van der Waals surface area contributed by atoms with Crippen LogP contribution in [-0.4, -0.2) is 47.8 Å². The molecule has 0 aliphatic heterocycles. The van der Waals surface area contributed by atoms with Crippen LogP contribution in [-0.2, 0) is 9.53 Å². The zero-order valence-electron chi connectivity index (χ0n) is 18.0. The molecule has 4 nitrogen and oxygen atoms in total. The summed E-state index contributed by atoms with van der Waals surface area (Å²) in [4.78, 5) is 14.0. The fraction of sp³-hybridized carbons (Fsp3) is 0.955. The molecule has 0 aliphatic rings. The molecule has 0 saturated carbocycles. The van der Waals surface area contributed by atoms with Crippen molar-refractivity contribution in [3.8, 4) is 0 Å². The molecule has 26 heavy (non-hydrogen) atoms. The van der Waals surface area contributed by atoms with Gasteiger partial charge in [0.15, 0.2) is 0 Å². The molecule has 0 radical (unpaired) electrons. The summed E-state index contributed by atoms with van der Waals surface area (Å²) in [6.07, 6.45) is 14.0. The molecule has 0 heterocycles. The summed E-state index contributed by atoms with van der Waals surface area (Å²) < 4.78 is 5.32. The summed E-state index contributed by atoms with van der Waals surface area (Å²) in [5, 5.41) is 9.23. The molecule has 0 aromatic carbocycles. The second kappa shape index (κ2) is 16.6. The van der Waals surface area contributed by atoms with Gasteiger partial charge in [0.25, 0.3) is 0 Å². The van der Waals surface area contributed by atoms with E-state index < -0.39 is 0 Å². The number of ether oxygens (including phenoxy) is 1. The summed E-state index contributed by atoms with van der Waals surface area (Å²) >= 11 is 0. The van der Waals surface area contributed by atoms with E-state index in [9.17, 15) is 9.90 Å². The first-order valence-corrected chi connectivity index (χ1v) is 10.9. The first kappa shape index (κ1) is 25.4. The standard InChI is InChI=1S/C22H45NO3/c1-5-6-7-8-11-14-17-23(19-20-24)18-15-12-9-10-13-16-21(25)26-22(2,3)4/h24H,5-20H2,1-4H3. The largest absolute Gasteiger partial charge is 0.460 e. The van der Waals surface area contributed by atoms with Crippen LogP contribution < -0.4 is 0 Å². The molecule has 0 aromatic heterocycles. The van der Waals surface area contributed by atoms with Gasteiger partial charge in [-0.15, -0.1) is 0 Å². The van der Waals surface area contributed by atoms with Gasteiger partial charge in [0.1, 0.15) is 5.60 Å². The highest BCUT2D eigenvalue weighted by molar-refractivity contribution is 5.69. The molecule has 0 spiro atoms. The Balaban J connectivity index is 3.60. The molecule has 156 valence electrons. The Hall–Kier alpha value is -0.610. The average molecular weight is 372 g/mol. The van der Waals surface area contributed by atoms with Crippen molar-refractivity contribution in [1.29, 1.82) is 0 Å². The molecule has 0 aromatic rings. The lowest BCUT2D eigenvalue weighted by atomic mass is 10.1. The molecule has 0 rings (SSSR count). The van der Waals surface area contributed by atoms with Crippen LogP contribution in [0.15, 0.2) is 0 Å². The van der Waals surface area contributed by atoms with Crippen molar-refractivity contribution in [2.24, 2.45) is 0 Å². The first-order chi connectivity index (χ1) is 12.4. The molecular formula is C22H45NO3. The summed E-state index contributed by atoms with van der Waals surface area (Å²) in [6, 6.07) is 0. The minimum Gasteiger partial charge on any atom is -0.460 e. The molecule has 0 fully saturated rings. The Morgan fingerprint density at radius 2 is 1.31 bits per heavy atom. The quantitative estimate of drug-likeness (QED) is 0.277. The van der Waals surface area contributed by atoms with Crippen LogP contribution in [0, 0.1) is 0 Å². The first-order valence-electron chi connectivity index (χ1n) is 10.9. The number of carbonyl (C=O) groups is 1. The van der Waals surface area contributed by atoms with Gasteiger partial charge in [-0.05, 0) is 53.1 Å². The number of aliphatic hydroxyl groups excluding tert-OH is 1. The third-order valence-corrected chi connectivity index (χ3v) is 4.52. The predicted molar refractivity (Wildman–Crippen MR) is 110 cm³/mol. The number of aliphatic hydroxyl groups is 1. The fourth-order valence-corrected chi connectivity index (χ4v) is 3.12. The smallest absolute Gasteiger partial charge is 0.306 e. The van der Waals surface area contributed by atoms with Crippen LogP contribution in [0.3, 0.4) is 0 Å². The van der Waals surface area contributed by atoms with Gasteiger partial charge in [-0.2, -0.15) is 0 Å². The average Bonchev–Trinajstić information content (AvgIpc) is 2.55. The molecule has 0 atom stereocenters. The van der Waals surface area contributed by atoms with Crippen LogP contribution in [0.1, 0.15) is 105 Å². The van der Waals surface area contributed by atoms with E-state index in [-0.39, 0.29) is 18.2 Å². The van der Waals surface area contributed by atoms with E-state index >= 15 is 0 Å². The van der Waals surface area contributed by atoms with Crippen molar-refractivity contribution in [2.45, 2.75) is 110 Å². The number of carbonyl (C=O) groups excluding carboxylic acids is 1. The Morgan fingerprint density at radius 3 is 1.81 bits per heavy atom. The van der Waals surface area contributed by atoms with Crippen LogP contribution in [0.4, 0.5) is 0 Å². The highest BCUT2D eigenvalue weighted by Gasteiger charge is 2.15. The highest BCUT2D eigenvalue weighted by atomic mass is 16.6. The van der Waals surface area contributed by atoms with Crippen LogP contribution in [0.5, 0.6) is 0 Å². The van der Waals surface area contributed by atoms with Crippen molar-refractivity contribution in [3.63, 3.8) is 0 Å². The molecule has 0 bridgehead atoms. The minimum absolute atomic E-state index is 0.0782. The Kier molecular flexibility index (Phi) is 16.2. The van der Waals surface area contributed by atoms with Crippen molar-refractivity contribution in [3.05, 3.63) is 0 Å². The second-order valence-corrected chi connectivity index (χ2v) is 8.44. The lowest BCUT2D eigenvalue weighted by Crippen LogP contribution is -2.29. The lowest BCUT2D eigenvalue weighted by molar-refractivity contribution is -0.154. The molecule has 1 N–H and O–H groups in total. The van der Waals surface area contributed by atoms with E-state index in [1.54, 1.807) is 0 Å². The van der Waals surface area contributed by atoms with E-state index in [1.807, 2.05) is 20.8 Å². The number of unbranched alkanes of at least 4 members (excludes halogenated alkanes) is 9. The highest BCUT2D eigenvalue weighted by Crippen LogP contribution is 2.12. The fourth-order valence-electron chi connectivity index (χ4n) is 3.12. The maximum atomic E-state index is 11.6. The number of hydrogen-bond acceptors (Lipinski definition) is 4. The number of nitrogens with zero attached hydrogens (tertiary/aromatic N) is 1. The Labute approximate surface area is 162 Å². The van der Waals surface area contributed by atoms with E-state index in [1.165, 1.54) is 57.8 Å². The molecule has 0 aliphatic carbocycles. The van der Waals surface area contributed by atoms with Crippen LogP contribution in [0.25, 0.3) is 0 Å². The normalized spacial score (nSPS) is 11.9. The zero-order valence-corrected chi connectivity index (χ0v) is 18.0. The molecule has 0 amide bonds. The number of esters is 1. The van der Waals surface area contributed by atoms with Gasteiger partial charge in [0.2, 0.25) is 0 Å². The molecular weight excluding hydrogens is 326 g/mol. The van der Waals surface area contributed by atoms with Crippen LogP contribution in [0.2, 0.25) is 0 Å². The zero-order chi connectivity index (χ0) is 19.7. The summed E-state index contributed by atoms with van der Waals surface area (Å²) in [7, 11) is 0. The number of hydrogen-bond donors (Lipinski definition) is 1. The van der Waals surface area contributed by atoms with Gasteiger partial charge in [0, 0.05) is 13.0 Å². The molecule has 0 unspecified atom stereocenters. The van der Waals surface area contributed by atoms with Gasteiger partial charge in [-0.25, -0.2) is 0 Å². The van der Waals surface area contributed by atoms with Crippen molar-refractivity contribution in [1.82, 2.24) is 4.90 Å². The predicted octanol–water partition coefficient (Wildman–Crippen LogP) is 5.32. The topological polar surface area (TPSA) is 49.8 Å². The van der Waals surface area contributed by atoms with E-state index in [0.29, 0.717) is 6.42 Å². The van der Waals surface area contributed by atoms with Crippen molar-refractivity contribution >= 4 is 5.97 Å². The molecule has 0 saturated heterocycles. The van der Waals surface area contributed by atoms with E-state index in [4.69, 9.17) is 4.74 Å². The SMILES string of the molecule is CCCCCCCCN(CCO)CCCCCCCC(=O)OC(C)(C)C. The van der Waals surface area contributed by atoms with Gasteiger partial charge in [0.05, 0.1) is 6.61 Å². The van der Waals surface area contributed by atoms with E-state index in [2.05, 4.69) is 11.8 Å². The Morgan fingerprint density at radius 1 is 0.808 bits per heavy atom. The van der Waals surface area contributed by atoms with E-state index in [0.717, 1.165) is 32.5 Å². The maximum Gasteiger partial charge on any atom is 0.306 e. The third kappa shape index (κ3) is 18.2. The Bertz CT molecular complexity index is 326. The number of rotatable bonds is 17. The summed E-state index contributed by atoms with van der Waals surface area (Å²) in [5.74, 6) is -0.0782. The van der Waals surface area contributed by atoms with Gasteiger partial charge >= 0.3 is 5.97 Å². The third-order valence-electron chi connectivity index (χ3n) is 4.52. The molecule has 4 heteroatoms. The van der Waals surface area contributed by atoms with Gasteiger partial charge in [-0.1, -0.05) is 58.3 Å². The van der Waals surface area contributed by atoms with Gasteiger partial charge in [-0.3, -0.25) is 4.79 Å². The van der Waals surface area contributed by atoms with Crippen molar-refractivity contribution in [2.75, 3.05) is 26.2 Å².